The topological polar surface area (TPSA) is 116 Å². The third-order valence-corrected chi connectivity index (χ3v) is 6.41. The van der Waals surface area contributed by atoms with Gasteiger partial charge in [-0.25, -0.2) is 8.42 Å². The van der Waals surface area contributed by atoms with Crippen molar-refractivity contribution in [3.63, 3.8) is 0 Å². The van der Waals surface area contributed by atoms with Gasteiger partial charge in [0.25, 0.3) is 5.91 Å². The highest BCUT2D eigenvalue weighted by Gasteiger charge is 2.45. The zero-order valence-corrected chi connectivity index (χ0v) is 17.8. The lowest BCUT2D eigenvalue weighted by Gasteiger charge is -2.32. The second-order valence-corrected chi connectivity index (χ2v) is 8.57. The minimum absolute atomic E-state index is 0.217. The summed E-state index contributed by atoms with van der Waals surface area (Å²) in [5.74, 6) is -0.388. The molecule has 9 heteroatoms. The summed E-state index contributed by atoms with van der Waals surface area (Å²) in [6.45, 7) is 3.39. The number of carbonyl (C=O) groups is 2. The molecule has 2 aromatic rings. The molecule has 30 heavy (non-hydrogen) atoms. The largest absolute Gasteiger partial charge is 0.493 e. The van der Waals surface area contributed by atoms with Crippen molar-refractivity contribution in [1.82, 2.24) is 4.90 Å². The first-order chi connectivity index (χ1) is 14.2. The molecule has 0 saturated carbocycles. The van der Waals surface area contributed by atoms with E-state index < -0.39 is 33.3 Å². The number of methoxy groups -OCH3 is 1. The number of hydrogen-bond donors (Lipinski definition) is 2. The molecule has 2 N–H and O–H groups in total. The van der Waals surface area contributed by atoms with E-state index in [1.165, 1.54) is 18.9 Å². The van der Waals surface area contributed by atoms with Gasteiger partial charge in [0, 0.05) is 6.54 Å². The van der Waals surface area contributed by atoms with Crippen LogP contribution in [0.3, 0.4) is 0 Å². The van der Waals surface area contributed by atoms with Crippen LogP contribution in [-0.2, 0) is 20.2 Å². The number of carbonyl (C=O) groups excluding carboxylic acids is 2. The van der Waals surface area contributed by atoms with Gasteiger partial charge >= 0.3 is 0 Å². The SMILES string of the molecule is CCOc1cc(C(C)(CN2C(=O)c3[c]cccc3C2C(N)=O)[SH](=O)=O)ccc1OC. The molecule has 3 rings (SSSR count). The smallest absolute Gasteiger partial charge is 0.255 e. The molecule has 159 valence electrons. The molecule has 2 unspecified atom stereocenters. The monoisotopic (exact) mass is 431 g/mol. The van der Waals surface area contributed by atoms with Crippen molar-refractivity contribution in [2.75, 3.05) is 20.3 Å². The van der Waals surface area contributed by atoms with E-state index in [0.29, 0.717) is 29.2 Å². The summed E-state index contributed by atoms with van der Waals surface area (Å²) in [6.07, 6.45) is 0. The Hall–Kier alpha value is -3.07. The van der Waals surface area contributed by atoms with Crippen molar-refractivity contribution in [3.05, 3.63) is 59.2 Å². The van der Waals surface area contributed by atoms with Gasteiger partial charge in [-0.15, -0.1) is 0 Å². The number of primary amides is 1. The molecule has 1 radical (unpaired) electrons. The Labute approximate surface area is 176 Å². The maximum absolute atomic E-state index is 13.0. The molecule has 0 bridgehead atoms. The van der Waals surface area contributed by atoms with E-state index in [0.717, 1.165) is 0 Å². The summed E-state index contributed by atoms with van der Waals surface area (Å²) in [7, 11) is -1.57. The second kappa shape index (κ2) is 8.35. The number of benzene rings is 2. The van der Waals surface area contributed by atoms with E-state index in [1.54, 1.807) is 43.3 Å². The van der Waals surface area contributed by atoms with Gasteiger partial charge in [0.05, 0.1) is 19.3 Å². The van der Waals surface area contributed by atoms with E-state index in [2.05, 4.69) is 6.07 Å². The molecule has 0 aromatic heterocycles. The number of nitrogens with zero attached hydrogens (tertiary/aromatic N) is 1. The molecule has 2 atom stereocenters. The number of thiol groups is 1. The third-order valence-electron chi connectivity index (χ3n) is 5.21. The van der Waals surface area contributed by atoms with E-state index in [9.17, 15) is 18.0 Å². The van der Waals surface area contributed by atoms with Crippen LogP contribution in [-0.4, -0.2) is 45.4 Å². The van der Waals surface area contributed by atoms with Gasteiger partial charge in [-0.2, -0.15) is 0 Å². The number of hydrogen-bond acceptors (Lipinski definition) is 6. The predicted molar refractivity (Wildman–Crippen MR) is 110 cm³/mol. The highest BCUT2D eigenvalue weighted by molar-refractivity contribution is 7.73. The number of ether oxygens (including phenoxy) is 2. The number of fused-ring (bicyclic) bond motifs is 1. The maximum atomic E-state index is 13.0. The highest BCUT2D eigenvalue weighted by atomic mass is 32.2. The van der Waals surface area contributed by atoms with Crippen molar-refractivity contribution in [1.29, 1.82) is 0 Å². The van der Waals surface area contributed by atoms with Gasteiger partial charge in [0.2, 0.25) is 5.91 Å². The normalized spacial score (nSPS) is 17.5. The van der Waals surface area contributed by atoms with Crippen molar-refractivity contribution >= 4 is 22.5 Å². The molecule has 2 amide bonds. The van der Waals surface area contributed by atoms with Crippen LogP contribution in [0.1, 0.15) is 41.4 Å². The highest BCUT2D eigenvalue weighted by Crippen LogP contribution is 2.39. The fraction of sp³-hybridized carbons (Fsp3) is 0.333. The maximum Gasteiger partial charge on any atom is 0.255 e. The number of amides is 2. The van der Waals surface area contributed by atoms with E-state index in [4.69, 9.17) is 15.2 Å². The molecule has 1 heterocycles. The van der Waals surface area contributed by atoms with Crippen LogP contribution in [0, 0.1) is 6.07 Å². The average molecular weight is 431 g/mol. The number of rotatable bonds is 8. The summed E-state index contributed by atoms with van der Waals surface area (Å²) in [4.78, 5) is 26.3. The fourth-order valence-electron chi connectivity index (χ4n) is 3.63. The van der Waals surface area contributed by atoms with Gasteiger partial charge in [0.1, 0.15) is 10.8 Å². The molecular formula is C21H23N2O6S. The molecule has 8 nitrogen and oxygen atoms in total. The van der Waals surface area contributed by atoms with Crippen molar-refractivity contribution in [3.8, 4) is 11.5 Å². The van der Waals surface area contributed by atoms with Gasteiger partial charge in [0.15, 0.2) is 22.2 Å². The quantitative estimate of drug-likeness (QED) is 0.611. The van der Waals surface area contributed by atoms with Crippen molar-refractivity contribution in [2.24, 2.45) is 5.73 Å². The zero-order valence-electron chi connectivity index (χ0n) is 16.9. The summed E-state index contributed by atoms with van der Waals surface area (Å²) in [6, 6.07) is 11.4. The number of nitrogens with two attached hydrogens (primary N) is 1. The van der Waals surface area contributed by atoms with Crippen LogP contribution >= 0.6 is 0 Å². The first-order valence-electron chi connectivity index (χ1n) is 9.31. The van der Waals surface area contributed by atoms with Gasteiger partial charge in [-0.3, -0.25) is 9.59 Å². The Bertz CT molecular complexity index is 1060. The molecule has 0 saturated heterocycles. The van der Waals surface area contributed by atoms with Crippen LogP contribution in [0.4, 0.5) is 0 Å². The lowest BCUT2D eigenvalue weighted by atomic mass is 9.98. The first-order valence-corrected chi connectivity index (χ1v) is 10.5. The Kier molecular flexibility index (Phi) is 6.02. The van der Waals surface area contributed by atoms with Crippen LogP contribution in [0.2, 0.25) is 0 Å². The van der Waals surface area contributed by atoms with Gasteiger partial charge < -0.3 is 20.1 Å². The second-order valence-electron chi connectivity index (χ2n) is 7.07. The molecular weight excluding hydrogens is 408 g/mol. The summed E-state index contributed by atoms with van der Waals surface area (Å²) in [5, 5.41) is 0. The molecule has 1 aliphatic heterocycles. The van der Waals surface area contributed by atoms with Gasteiger partial charge in [-0.1, -0.05) is 24.3 Å². The molecule has 0 fully saturated rings. The van der Waals surface area contributed by atoms with Crippen LogP contribution in [0.5, 0.6) is 11.5 Å². The minimum atomic E-state index is -3.06. The lowest BCUT2D eigenvalue weighted by Crippen LogP contribution is -2.45. The third kappa shape index (κ3) is 3.60. The molecule has 2 aromatic carbocycles. The lowest BCUT2D eigenvalue weighted by molar-refractivity contribution is -0.122. The Morgan fingerprint density at radius 1 is 1.30 bits per heavy atom. The molecule has 0 spiro atoms. The van der Waals surface area contributed by atoms with E-state index in [1.807, 2.05) is 0 Å². The zero-order chi connectivity index (χ0) is 22.1. The van der Waals surface area contributed by atoms with Crippen LogP contribution in [0.25, 0.3) is 0 Å². The Morgan fingerprint density at radius 2 is 2.03 bits per heavy atom. The van der Waals surface area contributed by atoms with E-state index in [-0.39, 0.29) is 12.1 Å². The molecule has 0 aliphatic carbocycles. The fourth-order valence-corrected chi connectivity index (χ4v) is 4.25. The Morgan fingerprint density at radius 3 is 2.63 bits per heavy atom. The van der Waals surface area contributed by atoms with Crippen LogP contribution < -0.4 is 15.2 Å². The van der Waals surface area contributed by atoms with Crippen LogP contribution in [0.15, 0.2) is 36.4 Å². The summed E-state index contributed by atoms with van der Waals surface area (Å²) >= 11 is 0. The summed E-state index contributed by atoms with van der Waals surface area (Å²) < 4.78 is 34.1. The van der Waals surface area contributed by atoms with Gasteiger partial charge in [-0.05, 0) is 43.2 Å². The Balaban J connectivity index is 2.07. The molecule has 1 aliphatic rings. The van der Waals surface area contributed by atoms with E-state index >= 15 is 0 Å². The van der Waals surface area contributed by atoms with Crippen molar-refractivity contribution < 1.29 is 27.5 Å². The predicted octanol–water partition coefficient (Wildman–Crippen LogP) is 1.40. The standard InChI is InChI=1S/C21H23N2O6S/c1-4-29-17-11-13(9-10-16(17)28-3)21(2,30(26)27)12-23-18(19(22)24)14-7-5-6-8-15(14)20(23)25/h5-7,9-11,18,30H,4,12H2,1-3H3,(H2,22,24). The first kappa shape index (κ1) is 21.6. The van der Waals surface area contributed by atoms with Crippen molar-refractivity contribution in [2.45, 2.75) is 24.6 Å². The average Bonchev–Trinajstić information content (AvgIpc) is 3.00. The minimum Gasteiger partial charge on any atom is -0.493 e. The summed E-state index contributed by atoms with van der Waals surface area (Å²) in [5.41, 5.74) is 6.60.